The first-order valence-electron chi connectivity index (χ1n) is 6.44. The lowest BCUT2D eigenvalue weighted by Crippen LogP contribution is -1.94. The SMILES string of the molecule is C#Cc1ccc(Cc2cc(C(C)C)ccc2Cl)cc1. The summed E-state index contributed by atoms with van der Waals surface area (Å²) < 4.78 is 0. The summed E-state index contributed by atoms with van der Waals surface area (Å²) >= 11 is 6.28. The van der Waals surface area contributed by atoms with Crippen LogP contribution in [0, 0.1) is 12.3 Å². The highest BCUT2D eigenvalue weighted by atomic mass is 35.5. The maximum absolute atomic E-state index is 6.28. The zero-order valence-corrected chi connectivity index (χ0v) is 12.0. The highest BCUT2D eigenvalue weighted by molar-refractivity contribution is 6.31. The molecule has 96 valence electrons. The predicted octanol–water partition coefficient (Wildman–Crippen LogP) is 5.04. The molecule has 0 unspecified atom stereocenters. The van der Waals surface area contributed by atoms with E-state index in [2.05, 4.69) is 44.0 Å². The van der Waals surface area contributed by atoms with E-state index in [9.17, 15) is 0 Å². The number of rotatable bonds is 3. The van der Waals surface area contributed by atoms with Gasteiger partial charge in [-0.25, -0.2) is 0 Å². The van der Waals surface area contributed by atoms with Gasteiger partial charge < -0.3 is 0 Å². The molecule has 0 bridgehead atoms. The maximum atomic E-state index is 6.28. The van der Waals surface area contributed by atoms with E-state index in [1.165, 1.54) is 16.7 Å². The van der Waals surface area contributed by atoms with Crippen molar-refractivity contribution in [3.63, 3.8) is 0 Å². The number of benzene rings is 2. The molecule has 0 aliphatic rings. The van der Waals surface area contributed by atoms with Crippen LogP contribution in [0.15, 0.2) is 42.5 Å². The van der Waals surface area contributed by atoms with Crippen molar-refractivity contribution in [3.05, 3.63) is 69.7 Å². The van der Waals surface area contributed by atoms with Crippen molar-refractivity contribution in [3.8, 4) is 12.3 Å². The van der Waals surface area contributed by atoms with Crippen molar-refractivity contribution >= 4 is 11.6 Å². The first-order chi connectivity index (χ1) is 9.10. The smallest absolute Gasteiger partial charge is 0.0441 e. The van der Waals surface area contributed by atoms with E-state index in [4.69, 9.17) is 18.0 Å². The topological polar surface area (TPSA) is 0 Å². The fourth-order valence-corrected chi connectivity index (χ4v) is 2.21. The molecule has 0 saturated heterocycles. The van der Waals surface area contributed by atoms with E-state index in [-0.39, 0.29) is 0 Å². The van der Waals surface area contributed by atoms with Crippen LogP contribution in [0.1, 0.15) is 42.0 Å². The van der Waals surface area contributed by atoms with Crippen molar-refractivity contribution in [2.24, 2.45) is 0 Å². The van der Waals surface area contributed by atoms with Crippen molar-refractivity contribution < 1.29 is 0 Å². The quantitative estimate of drug-likeness (QED) is 0.685. The summed E-state index contributed by atoms with van der Waals surface area (Å²) in [6, 6.07) is 14.3. The Morgan fingerprint density at radius 1 is 1.11 bits per heavy atom. The molecule has 0 saturated carbocycles. The number of hydrogen-bond acceptors (Lipinski definition) is 0. The molecule has 0 atom stereocenters. The standard InChI is InChI=1S/C18H17Cl/c1-4-14-5-7-15(8-6-14)11-17-12-16(13(2)3)9-10-18(17)19/h1,5-10,12-13H,11H2,2-3H3. The lowest BCUT2D eigenvalue weighted by molar-refractivity contribution is 0.863. The van der Waals surface area contributed by atoms with Gasteiger partial charge in [0, 0.05) is 10.6 Å². The first-order valence-corrected chi connectivity index (χ1v) is 6.82. The average Bonchev–Trinajstić information content (AvgIpc) is 2.42. The molecule has 0 aliphatic carbocycles. The fraction of sp³-hybridized carbons (Fsp3) is 0.222. The average molecular weight is 269 g/mol. The molecule has 0 aliphatic heterocycles. The summed E-state index contributed by atoms with van der Waals surface area (Å²) in [5, 5.41) is 0.824. The van der Waals surface area contributed by atoms with E-state index in [0.29, 0.717) is 5.92 Å². The Morgan fingerprint density at radius 2 is 1.79 bits per heavy atom. The Hall–Kier alpha value is -1.71. The second kappa shape index (κ2) is 5.95. The van der Waals surface area contributed by atoms with Crippen molar-refractivity contribution in [1.82, 2.24) is 0 Å². The van der Waals surface area contributed by atoms with Gasteiger partial charge in [-0.2, -0.15) is 0 Å². The minimum atomic E-state index is 0.514. The third kappa shape index (κ3) is 3.40. The van der Waals surface area contributed by atoms with Crippen LogP contribution in [0.2, 0.25) is 5.02 Å². The molecule has 2 aromatic rings. The molecule has 0 spiro atoms. The highest BCUT2D eigenvalue weighted by Gasteiger charge is 2.06. The highest BCUT2D eigenvalue weighted by Crippen LogP contribution is 2.24. The van der Waals surface area contributed by atoms with Gasteiger partial charge >= 0.3 is 0 Å². The molecule has 0 aromatic heterocycles. The van der Waals surface area contributed by atoms with E-state index >= 15 is 0 Å². The van der Waals surface area contributed by atoms with E-state index < -0.39 is 0 Å². The molecule has 0 radical (unpaired) electrons. The van der Waals surface area contributed by atoms with E-state index in [1.807, 2.05) is 18.2 Å². The maximum Gasteiger partial charge on any atom is 0.0441 e. The second-order valence-corrected chi connectivity index (χ2v) is 5.43. The third-order valence-electron chi connectivity index (χ3n) is 3.25. The zero-order valence-electron chi connectivity index (χ0n) is 11.3. The van der Waals surface area contributed by atoms with Gasteiger partial charge in [0.1, 0.15) is 0 Å². The van der Waals surface area contributed by atoms with Gasteiger partial charge in [-0.3, -0.25) is 0 Å². The van der Waals surface area contributed by atoms with Gasteiger partial charge in [0.05, 0.1) is 0 Å². The minimum Gasteiger partial charge on any atom is -0.115 e. The Labute approximate surface area is 120 Å². The molecule has 2 rings (SSSR count). The second-order valence-electron chi connectivity index (χ2n) is 5.02. The van der Waals surface area contributed by atoms with Crippen LogP contribution in [0.25, 0.3) is 0 Å². The molecule has 0 heterocycles. The van der Waals surface area contributed by atoms with Gasteiger partial charge in [0.15, 0.2) is 0 Å². The largest absolute Gasteiger partial charge is 0.115 e. The van der Waals surface area contributed by atoms with Crippen LogP contribution < -0.4 is 0 Å². The lowest BCUT2D eigenvalue weighted by Gasteiger charge is -2.10. The summed E-state index contributed by atoms with van der Waals surface area (Å²) in [4.78, 5) is 0. The molecule has 0 N–H and O–H groups in total. The monoisotopic (exact) mass is 268 g/mol. The van der Waals surface area contributed by atoms with Gasteiger partial charge in [-0.05, 0) is 47.2 Å². The van der Waals surface area contributed by atoms with Crippen LogP contribution in [-0.2, 0) is 6.42 Å². The number of terminal acetylenes is 1. The zero-order chi connectivity index (χ0) is 13.8. The van der Waals surface area contributed by atoms with Crippen LogP contribution in [-0.4, -0.2) is 0 Å². The van der Waals surface area contributed by atoms with Crippen LogP contribution >= 0.6 is 11.6 Å². The van der Waals surface area contributed by atoms with Gasteiger partial charge in [-0.15, -0.1) is 6.42 Å². The van der Waals surface area contributed by atoms with Gasteiger partial charge in [0.25, 0.3) is 0 Å². The summed E-state index contributed by atoms with van der Waals surface area (Å²) in [5.41, 5.74) is 4.62. The lowest BCUT2D eigenvalue weighted by atomic mass is 9.97. The summed E-state index contributed by atoms with van der Waals surface area (Å²) in [6.45, 7) is 4.38. The molecule has 0 amide bonds. The predicted molar refractivity (Wildman–Crippen MR) is 82.7 cm³/mol. The number of hydrogen-bond donors (Lipinski definition) is 0. The van der Waals surface area contributed by atoms with E-state index in [1.54, 1.807) is 0 Å². The van der Waals surface area contributed by atoms with Crippen LogP contribution in [0.5, 0.6) is 0 Å². The van der Waals surface area contributed by atoms with E-state index in [0.717, 1.165) is 17.0 Å². The van der Waals surface area contributed by atoms with Crippen LogP contribution in [0.4, 0.5) is 0 Å². The summed E-state index contributed by atoms with van der Waals surface area (Å²) in [7, 11) is 0. The van der Waals surface area contributed by atoms with Gasteiger partial charge in [-0.1, -0.05) is 55.6 Å². The van der Waals surface area contributed by atoms with Crippen LogP contribution in [0.3, 0.4) is 0 Å². The molecule has 19 heavy (non-hydrogen) atoms. The molecular formula is C18H17Cl. The normalized spacial score (nSPS) is 10.5. The summed E-state index contributed by atoms with van der Waals surface area (Å²) in [6.07, 6.45) is 6.20. The third-order valence-corrected chi connectivity index (χ3v) is 3.62. The Morgan fingerprint density at radius 3 is 2.37 bits per heavy atom. The number of halogens is 1. The minimum absolute atomic E-state index is 0.514. The summed E-state index contributed by atoms with van der Waals surface area (Å²) in [5.74, 6) is 3.14. The Kier molecular flexibility index (Phi) is 4.30. The Balaban J connectivity index is 2.27. The fourth-order valence-electron chi connectivity index (χ4n) is 2.03. The molecule has 0 nitrogen and oxygen atoms in total. The van der Waals surface area contributed by atoms with Crippen molar-refractivity contribution in [1.29, 1.82) is 0 Å². The first kappa shape index (κ1) is 13.7. The Bertz CT molecular complexity index is 601. The van der Waals surface area contributed by atoms with Crippen molar-refractivity contribution in [2.75, 3.05) is 0 Å². The van der Waals surface area contributed by atoms with Crippen molar-refractivity contribution in [2.45, 2.75) is 26.2 Å². The molecule has 0 fully saturated rings. The molecular weight excluding hydrogens is 252 g/mol. The van der Waals surface area contributed by atoms with Gasteiger partial charge in [0.2, 0.25) is 0 Å². The molecule has 2 aromatic carbocycles. The molecule has 1 heteroatoms.